The first-order valence-corrected chi connectivity index (χ1v) is 9.27. The molecular formula is C18H18N2O3S2. The number of hydrogen-bond acceptors (Lipinski definition) is 6. The number of benzene rings is 1. The molecule has 0 unspecified atom stereocenters. The highest BCUT2D eigenvalue weighted by Gasteiger charge is 2.16. The van der Waals surface area contributed by atoms with E-state index in [0.29, 0.717) is 16.4 Å². The number of aryl methyl sites for hydroxylation is 2. The van der Waals surface area contributed by atoms with Crippen LogP contribution in [0.15, 0.2) is 29.6 Å². The number of anilines is 1. The second-order valence-corrected chi connectivity index (χ2v) is 7.70. The summed E-state index contributed by atoms with van der Waals surface area (Å²) in [5.41, 5.74) is 2.24. The topological polar surface area (TPSA) is 60.5 Å². The van der Waals surface area contributed by atoms with Crippen LogP contribution in [0.2, 0.25) is 0 Å². The molecule has 3 aromatic rings. The molecule has 0 saturated heterocycles. The maximum Gasteiger partial charge on any atom is 0.258 e. The van der Waals surface area contributed by atoms with Gasteiger partial charge in [-0.1, -0.05) is 0 Å². The highest BCUT2D eigenvalue weighted by atomic mass is 32.1. The lowest BCUT2D eigenvalue weighted by Gasteiger charge is -2.08. The van der Waals surface area contributed by atoms with Gasteiger partial charge in [-0.2, -0.15) is 0 Å². The van der Waals surface area contributed by atoms with E-state index in [0.717, 1.165) is 26.8 Å². The molecule has 0 aliphatic carbocycles. The van der Waals surface area contributed by atoms with Crippen molar-refractivity contribution < 1.29 is 14.3 Å². The van der Waals surface area contributed by atoms with Crippen LogP contribution in [0.25, 0.3) is 11.3 Å². The van der Waals surface area contributed by atoms with Crippen molar-refractivity contribution in [3.63, 3.8) is 0 Å². The predicted molar refractivity (Wildman–Crippen MR) is 102 cm³/mol. The summed E-state index contributed by atoms with van der Waals surface area (Å²) in [5.74, 6) is 1.28. The van der Waals surface area contributed by atoms with E-state index in [-0.39, 0.29) is 5.91 Å². The zero-order valence-electron chi connectivity index (χ0n) is 14.4. The molecule has 0 aliphatic rings. The van der Waals surface area contributed by atoms with Gasteiger partial charge in [-0.25, -0.2) is 4.98 Å². The van der Waals surface area contributed by atoms with Crippen LogP contribution >= 0.6 is 22.7 Å². The summed E-state index contributed by atoms with van der Waals surface area (Å²) in [4.78, 5) is 19.1. The van der Waals surface area contributed by atoms with Crippen molar-refractivity contribution in [2.24, 2.45) is 0 Å². The molecule has 3 rings (SSSR count). The van der Waals surface area contributed by atoms with E-state index in [1.54, 1.807) is 25.6 Å². The number of carbonyl (C=O) groups is 1. The lowest BCUT2D eigenvalue weighted by molar-refractivity contribution is 0.102. The summed E-state index contributed by atoms with van der Waals surface area (Å²) < 4.78 is 10.7. The van der Waals surface area contributed by atoms with E-state index in [2.05, 4.69) is 10.3 Å². The third kappa shape index (κ3) is 3.67. The van der Waals surface area contributed by atoms with E-state index >= 15 is 0 Å². The van der Waals surface area contributed by atoms with Gasteiger partial charge in [0.2, 0.25) is 0 Å². The second kappa shape index (κ2) is 7.25. The number of thiophene rings is 1. The molecule has 1 amide bonds. The number of hydrogen-bond donors (Lipinski definition) is 1. The molecule has 2 aromatic heterocycles. The molecular weight excluding hydrogens is 356 g/mol. The average Bonchev–Trinajstić information content (AvgIpc) is 3.20. The quantitative estimate of drug-likeness (QED) is 0.699. The minimum absolute atomic E-state index is 0.139. The van der Waals surface area contributed by atoms with Crippen LogP contribution in [-0.2, 0) is 0 Å². The van der Waals surface area contributed by atoms with Crippen molar-refractivity contribution in [3.05, 3.63) is 45.0 Å². The third-order valence-corrected chi connectivity index (χ3v) is 5.42. The Bertz CT molecular complexity index is 915. The van der Waals surface area contributed by atoms with E-state index in [1.165, 1.54) is 11.3 Å². The van der Waals surface area contributed by atoms with Gasteiger partial charge in [0.25, 0.3) is 5.91 Å². The molecule has 0 bridgehead atoms. The van der Waals surface area contributed by atoms with Gasteiger partial charge < -0.3 is 9.47 Å². The Hall–Kier alpha value is -2.38. The molecule has 1 aromatic carbocycles. The lowest BCUT2D eigenvalue weighted by atomic mass is 10.1. The highest BCUT2D eigenvalue weighted by molar-refractivity contribution is 7.14. The molecule has 5 nitrogen and oxygen atoms in total. The third-order valence-electron chi connectivity index (χ3n) is 3.69. The van der Waals surface area contributed by atoms with Gasteiger partial charge in [0, 0.05) is 20.7 Å². The molecule has 0 aliphatic heterocycles. The van der Waals surface area contributed by atoms with Crippen molar-refractivity contribution in [1.29, 1.82) is 0 Å². The standard InChI is InChI=1S/C18H18N2O3S2/c1-10-7-13(11(2)25-10)17(21)20-18-19-15(9-24-18)14-8-12(22-3)5-6-16(14)23-4/h5-9H,1-4H3,(H,19,20,21). The number of rotatable bonds is 5. The summed E-state index contributed by atoms with van der Waals surface area (Å²) in [7, 11) is 3.23. The van der Waals surface area contributed by atoms with Crippen molar-refractivity contribution in [2.75, 3.05) is 19.5 Å². The van der Waals surface area contributed by atoms with Gasteiger partial charge in [-0.15, -0.1) is 22.7 Å². The summed E-state index contributed by atoms with van der Waals surface area (Å²) in [6.45, 7) is 3.94. The van der Waals surface area contributed by atoms with Gasteiger partial charge >= 0.3 is 0 Å². The fourth-order valence-electron chi connectivity index (χ4n) is 2.49. The SMILES string of the molecule is COc1ccc(OC)c(-c2csc(NC(=O)c3cc(C)sc3C)n2)c1. The number of aromatic nitrogens is 1. The maximum atomic E-state index is 12.4. The van der Waals surface area contributed by atoms with Crippen LogP contribution in [0.5, 0.6) is 11.5 Å². The Labute approximate surface area is 154 Å². The monoisotopic (exact) mass is 374 g/mol. The van der Waals surface area contributed by atoms with Crippen molar-refractivity contribution in [1.82, 2.24) is 4.98 Å². The molecule has 0 spiro atoms. The van der Waals surface area contributed by atoms with Crippen LogP contribution in [0.3, 0.4) is 0 Å². The van der Waals surface area contributed by atoms with Gasteiger partial charge in [-0.3, -0.25) is 10.1 Å². The molecule has 130 valence electrons. The first kappa shape index (κ1) is 17.4. The summed E-state index contributed by atoms with van der Waals surface area (Å²) in [5, 5.41) is 5.31. The second-order valence-electron chi connectivity index (χ2n) is 5.39. The number of nitrogens with zero attached hydrogens (tertiary/aromatic N) is 1. The molecule has 25 heavy (non-hydrogen) atoms. The molecule has 7 heteroatoms. The van der Waals surface area contributed by atoms with Crippen LogP contribution in [0.4, 0.5) is 5.13 Å². The summed E-state index contributed by atoms with van der Waals surface area (Å²) in [6, 6.07) is 7.43. The number of carbonyl (C=O) groups excluding carboxylic acids is 1. The number of ether oxygens (including phenoxy) is 2. The van der Waals surface area contributed by atoms with Gasteiger partial charge in [0.05, 0.1) is 25.5 Å². The van der Waals surface area contributed by atoms with Crippen LogP contribution in [0.1, 0.15) is 20.1 Å². The Morgan fingerprint density at radius 1 is 1.16 bits per heavy atom. The Balaban J connectivity index is 1.86. The minimum Gasteiger partial charge on any atom is -0.497 e. The molecule has 1 N–H and O–H groups in total. The van der Waals surface area contributed by atoms with E-state index in [4.69, 9.17) is 9.47 Å². The maximum absolute atomic E-state index is 12.4. The Morgan fingerprint density at radius 2 is 1.96 bits per heavy atom. The van der Waals surface area contributed by atoms with Crippen LogP contribution in [0, 0.1) is 13.8 Å². The normalized spacial score (nSPS) is 10.6. The number of thiazole rings is 1. The van der Waals surface area contributed by atoms with Gasteiger partial charge in [-0.05, 0) is 38.1 Å². The molecule has 0 radical (unpaired) electrons. The molecule has 0 atom stereocenters. The van der Waals surface area contributed by atoms with E-state index < -0.39 is 0 Å². The largest absolute Gasteiger partial charge is 0.497 e. The van der Waals surface area contributed by atoms with E-state index in [1.807, 2.05) is 43.5 Å². The summed E-state index contributed by atoms with van der Waals surface area (Å²) >= 11 is 2.99. The fraction of sp³-hybridized carbons (Fsp3) is 0.222. The first-order valence-electron chi connectivity index (χ1n) is 7.58. The molecule has 2 heterocycles. The van der Waals surface area contributed by atoms with Crippen LogP contribution in [-0.4, -0.2) is 25.1 Å². The van der Waals surface area contributed by atoms with E-state index in [9.17, 15) is 4.79 Å². The highest BCUT2D eigenvalue weighted by Crippen LogP contribution is 2.35. The first-order chi connectivity index (χ1) is 12.0. The van der Waals surface area contributed by atoms with Crippen molar-refractivity contribution in [2.45, 2.75) is 13.8 Å². The Kier molecular flexibility index (Phi) is 5.06. The zero-order chi connectivity index (χ0) is 18.0. The van der Waals surface area contributed by atoms with Gasteiger partial charge in [0.15, 0.2) is 5.13 Å². The molecule has 0 saturated carbocycles. The van der Waals surface area contributed by atoms with Crippen molar-refractivity contribution in [3.8, 4) is 22.8 Å². The number of methoxy groups -OCH3 is 2. The van der Waals surface area contributed by atoms with Crippen LogP contribution < -0.4 is 14.8 Å². The van der Waals surface area contributed by atoms with Crippen molar-refractivity contribution >= 4 is 33.7 Å². The minimum atomic E-state index is -0.139. The smallest absolute Gasteiger partial charge is 0.258 e. The zero-order valence-corrected chi connectivity index (χ0v) is 16.0. The number of nitrogens with one attached hydrogen (secondary N) is 1. The lowest BCUT2D eigenvalue weighted by Crippen LogP contribution is -2.11. The number of amides is 1. The van der Waals surface area contributed by atoms with Gasteiger partial charge in [0.1, 0.15) is 11.5 Å². The predicted octanol–water partition coefficient (Wildman–Crippen LogP) is 4.76. The average molecular weight is 374 g/mol. The summed E-state index contributed by atoms with van der Waals surface area (Å²) in [6.07, 6.45) is 0. The molecule has 0 fully saturated rings. The Morgan fingerprint density at radius 3 is 2.60 bits per heavy atom. The fourth-order valence-corrected chi connectivity index (χ4v) is 4.12.